The van der Waals surface area contributed by atoms with Gasteiger partial charge in [0.2, 0.25) is 0 Å². The molecule has 4 rings (SSSR count). The van der Waals surface area contributed by atoms with Crippen LogP contribution < -0.4 is 4.90 Å². The molecule has 4 heterocycles. The normalized spacial score (nSPS) is 17.2. The van der Waals surface area contributed by atoms with E-state index < -0.39 is 0 Å². The molecule has 1 fully saturated rings. The highest BCUT2D eigenvalue weighted by Crippen LogP contribution is 2.21. The number of carbonyl (C=O) groups excluding carboxylic acids is 1. The monoisotopic (exact) mass is 340 g/mol. The van der Waals surface area contributed by atoms with E-state index in [-0.39, 0.29) is 5.91 Å². The van der Waals surface area contributed by atoms with E-state index in [0.29, 0.717) is 24.6 Å². The molecule has 0 N–H and O–H groups in total. The van der Waals surface area contributed by atoms with E-state index in [1.165, 1.54) is 12.8 Å². The smallest absolute Gasteiger partial charge is 0.255 e. The zero-order valence-corrected chi connectivity index (χ0v) is 14.9. The van der Waals surface area contributed by atoms with E-state index in [4.69, 9.17) is 0 Å². The van der Waals surface area contributed by atoms with Crippen LogP contribution in [0.3, 0.4) is 0 Å². The molecule has 1 saturated heterocycles. The summed E-state index contributed by atoms with van der Waals surface area (Å²) in [5, 5.41) is 8.54. The third-order valence-electron chi connectivity index (χ3n) is 5.01. The summed E-state index contributed by atoms with van der Waals surface area (Å²) in [6, 6.07) is 3.85. The number of fused-ring (bicyclic) bond motifs is 1. The zero-order valence-electron chi connectivity index (χ0n) is 14.9. The topological polar surface area (TPSA) is 67.2 Å². The second kappa shape index (κ2) is 6.46. The van der Waals surface area contributed by atoms with Crippen LogP contribution in [0.4, 0.5) is 5.82 Å². The van der Waals surface area contributed by atoms with Crippen molar-refractivity contribution in [2.75, 3.05) is 24.5 Å². The molecule has 0 atom stereocenters. The first-order chi connectivity index (χ1) is 12.1. The molecule has 2 aliphatic heterocycles. The minimum absolute atomic E-state index is 0.0146. The number of hydrogen-bond donors (Lipinski definition) is 0. The van der Waals surface area contributed by atoms with E-state index >= 15 is 0 Å². The van der Waals surface area contributed by atoms with Crippen molar-refractivity contribution in [1.82, 2.24) is 24.6 Å². The standard InChI is InChI=1S/C18H24N6O/c1-13(2)17-21-20-16-12-23(9-10-24(16)17)18(25)14-5-6-15(19-11-14)22-7-3-4-8-22/h5-6,11,13H,3-4,7-10,12H2,1-2H3. The first-order valence-electron chi connectivity index (χ1n) is 9.05. The number of nitrogens with zero attached hydrogens (tertiary/aromatic N) is 6. The minimum Gasteiger partial charge on any atom is -0.357 e. The van der Waals surface area contributed by atoms with Crippen molar-refractivity contribution >= 4 is 11.7 Å². The van der Waals surface area contributed by atoms with E-state index in [1.54, 1.807) is 6.20 Å². The Bertz CT molecular complexity index is 760. The van der Waals surface area contributed by atoms with Gasteiger partial charge in [-0.2, -0.15) is 0 Å². The SMILES string of the molecule is CC(C)c1nnc2n1CCN(C(=O)c1ccc(N3CCCC3)nc1)C2. The van der Waals surface area contributed by atoms with Crippen molar-refractivity contribution < 1.29 is 4.79 Å². The number of pyridine rings is 1. The van der Waals surface area contributed by atoms with Gasteiger partial charge < -0.3 is 14.4 Å². The Kier molecular flexibility index (Phi) is 4.15. The van der Waals surface area contributed by atoms with Crippen molar-refractivity contribution in [3.63, 3.8) is 0 Å². The summed E-state index contributed by atoms with van der Waals surface area (Å²) in [5.41, 5.74) is 0.639. The fourth-order valence-corrected chi connectivity index (χ4v) is 3.61. The predicted molar refractivity (Wildman–Crippen MR) is 94.5 cm³/mol. The summed E-state index contributed by atoms with van der Waals surface area (Å²) in [7, 11) is 0. The minimum atomic E-state index is 0.0146. The maximum absolute atomic E-state index is 12.8. The number of amides is 1. The van der Waals surface area contributed by atoms with Crippen LogP contribution in [0.1, 0.15) is 54.6 Å². The highest BCUT2D eigenvalue weighted by Gasteiger charge is 2.26. The van der Waals surface area contributed by atoms with Crippen LogP contribution >= 0.6 is 0 Å². The van der Waals surface area contributed by atoms with Crippen molar-refractivity contribution in [3.05, 3.63) is 35.5 Å². The van der Waals surface area contributed by atoms with Gasteiger partial charge in [-0.3, -0.25) is 4.79 Å². The van der Waals surface area contributed by atoms with Crippen molar-refractivity contribution in [1.29, 1.82) is 0 Å². The van der Waals surface area contributed by atoms with Crippen molar-refractivity contribution in [3.8, 4) is 0 Å². The molecule has 0 bridgehead atoms. The van der Waals surface area contributed by atoms with E-state index in [0.717, 1.165) is 37.1 Å². The van der Waals surface area contributed by atoms with Gasteiger partial charge in [-0.1, -0.05) is 13.8 Å². The quantitative estimate of drug-likeness (QED) is 0.855. The second-order valence-electron chi connectivity index (χ2n) is 7.11. The fraction of sp³-hybridized carbons (Fsp3) is 0.556. The zero-order chi connectivity index (χ0) is 17.4. The summed E-state index contributed by atoms with van der Waals surface area (Å²) >= 11 is 0. The number of rotatable bonds is 3. The highest BCUT2D eigenvalue weighted by atomic mass is 16.2. The third kappa shape index (κ3) is 2.99. The van der Waals surface area contributed by atoms with Gasteiger partial charge in [-0.25, -0.2) is 4.98 Å². The molecular weight excluding hydrogens is 316 g/mol. The Morgan fingerprint density at radius 2 is 1.88 bits per heavy atom. The molecule has 0 saturated carbocycles. The Morgan fingerprint density at radius 1 is 1.08 bits per heavy atom. The van der Waals surface area contributed by atoms with Gasteiger partial charge in [-0.15, -0.1) is 10.2 Å². The number of carbonyl (C=O) groups is 1. The van der Waals surface area contributed by atoms with Gasteiger partial charge in [0.1, 0.15) is 11.6 Å². The maximum atomic E-state index is 12.8. The molecule has 2 aromatic heterocycles. The van der Waals surface area contributed by atoms with Crippen LogP contribution in [-0.4, -0.2) is 50.2 Å². The van der Waals surface area contributed by atoms with Crippen molar-refractivity contribution in [2.24, 2.45) is 0 Å². The molecule has 0 spiro atoms. The summed E-state index contributed by atoms with van der Waals surface area (Å²) in [6.45, 7) is 8.27. The molecule has 7 heteroatoms. The lowest BCUT2D eigenvalue weighted by Crippen LogP contribution is -2.39. The van der Waals surface area contributed by atoms with Gasteiger partial charge in [-0.05, 0) is 25.0 Å². The fourth-order valence-electron chi connectivity index (χ4n) is 3.61. The van der Waals surface area contributed by atoms with Gasteiger partial charge >= 0.3 is 0 Å². The number of aromatic nitrogens is 4. The van der Waals surface area contributed by atoms with Crippen LogP contribution in [0.2, 0.25) is 0 Å². The predicted octanol–water partition coefficient (Wildman–Crippen LogP) is 2.05. The molecule has 132 valence electrons. The van der Waals surface area contributed by atoms with Gasteiger partial charge in [0.05, 0.1) is 12.1 Å². The second-order valence-corrected chi connectivity index (χ2v) is 7.11. The Labute approximate surface area is 147 Å². The lowest BCUT2D eigenvalue weighted by atomic mass is 10.2. The van der Waals surface area contributed by atoms with Gasteiger partial charge in [0, 0.05) is 38.3 Å². The summed E-state index contributed by atoms with van der Waals surface area (Å²) in [5.74, 6) is 3.18. The summed E-state index contributed by atoms with van der Waals surface area (Å²) < 4.78 is 2.14. The first kappa shape index (κ1) is 16.1. The maximum Gasteiger partial charge on any atom is 0.255 e. The van der Waals surface area contributed by atoms with E-state index in [1.807, 2.05) is 17.0 Å². The molecule has 0 aliphatic carbocycles. The van der Waals surface area contributed by atoms with Crippen LogP contribution in [0, 0.1) is 0 Å². The van der Waals surface area contributed by atoms with E-state index in [2.05, 4.69) is 38.5 Å². The summed E-state index contributed by atoms with van der Waals surface area (Å²) in [6.07, 6.45) is 4.14. The lowest BCUT2D eigenvalue weighted by molar-refractivity contribution is 0.0706. The van der Waals surface area contributed by atoms with Gasteiger partial charge in [0.25, 0.3) is 5.91 Å². The lowest BCUT2D eigenvalue weighted by Gasteiger charge is -2.28. The van der Waals surface area contributed by atoms with Crippen molar-refractivity contribution in [2.45, 2.75) is 45.7 Å². The third-order valence-corrected chi connectivity index (χ3v) is 5.01. The average Bonchev–Trinajstić information content (AvgIpc) is 3.30. The summed E-state index contributed by atoms with van der Waals surface area (Å²) in [4.78, 5) is 21.4. The highest BCUT2D eigenvalue weighted by molar-refractivity contribution is 5.94. The average molecular weight is 340 g/mol. The van der Waals surface area contributed by atoms with Crippen LogP contribution in [-0.2, 0) is 13.1 Å². The molecule has 1 amide bonds. The molecule has 0 unspecified atom stereocenters. The largest absolute Gasteiger partial charge is 0.357 e. The van der Waals surface area contributed by atoms with Crippen LogP contribution in [0.5, 0.6) is 0 Å². The molecule has 25 heavy (non-hydrogen) atoms. The molecule has 0 radical (unpaired) electrons. The molecular formula is C18H24N6O. The van der Waals surface area contributed by atoms with Crippen LogP contribution in [0.15, 0.2) is 18.3 Å². The molecule has 7 nitrogen and oxygen atoms in total. The van der Waals surface area contributed by atoms with Gasteiger partial charge in [0.15, 0.2) is 5.82 Å². The Balaban J connectivity index is 1.47. The number of hydrogen-bond acceptors (Lipinski definition) is 5. The number of anilines is 1. The molecule has 0 aromatic carbocycles. The Morgan fingerprint density at radius 3 is 2.56 bits per heavy atom. The van der Waals surface area contributed by atoms with E-state index in [9.17, 15) is 4.79 Å². The Hall–Kier alpha value is -2.44. The molecule has 2 aliphatic rings. The first-order valence-corrected chi connectivity index (χ1v) is 9.05. The van der Waals surface area contributed by atoms with Crippen LogP contribution in [0.25, 0.3) is 0 Å². The molecule has 2 aromatic rings.